The molecule has 0 bridgehead atoms. The van der Waals surface area contributed by atoms with Crippen LogP contribution in [0.15, 0.2) is 0 Å². The number of carbonyl (C=O) groups excluding carboxylic acids is 1. The van der Waals surface area contributed by atoms with Gasteiger partial charge >= 0.3 is 17.9 Å². The summed E-state index contributed by atoms with van der Waals surface area (Å²) in [7, 11) is 0. The maximum atomic E-state index is 12.1. The molecule has 0 unspecified atom stereocenters. The van der Waals surface area contributed by atoms with Crippen LogP contribution in [0.25, 0.3) is 0 Å². The molecule has 1 fully saturated rings. The molecule has 3 atom stereocenters. The van der Waals surface area contributed by atoms with Gasteiger partial charge in [-0.15, -0.1) is 0 Å². The van der Waals surface area contributed by atoms with Crippen LogP contribution in [0.4, 0.5) is 0 Å². The molecule has 0 radical (unpaired) electrons. The molecule has 1 amide bonds. The molecular weight excluding hydrogens is 282 g/mol. The van der Waals surface area contributed by atoms with Gasteiger partial charge in [0.1, 0.15) is 6.04 Å². The van der Waals surface area contributed by atoms with Gasteiger partial charge in [0.25, 0.3) is 0 Å². The van der Waals surface area contributed by atoms with Crippen molar-refractivity contribution in [3.63, 3.8) is 0 Å². The molecule has 1 rings (SSSR count). The van der Waals surface area contributed by atoms with Gasteiger partial charge in [-0.05, 0) is 19.3 Å². The first-order valence-corrected chi connectivity index (χ1v) is 6.80. The van der Waals surface area contributed by atoms with Crippen LogP contribution in [0.5, 0.6) is 0 Å². The largest absolute Gasteiger partial charge is 0.481 e. The van der Waals surface area contributed by atoms with Crippen molar-refractivity contribution in [1.29, 1.82) is 0 Å². The van der Waals surface area contributed by atoms with Gasteiger partial charge in [0.05, 0.1) is 11.8 Å². The van der Waals surface area contributed by atoms with E-state index in [4.69, 9.17) is 15.3 Å². The third kappa shape index (κ3) is 5.05. The summed E-state index contributed by atoms with van der Waals surface area (Å²) in [5.74, 6) is -5.74. The Bertz CT molecular complexity index is 434. The first-order valence-electron chi connectivity index (χ1n) is 6.80. The van der Waals surface area contributed by atoms with Crippen molar-refractivity contribution in [1.82, 2.24) is 5.32 Å². The molecule has 4 N–H and O–H groups in total. The van der Waals surface area contributed by atoms with E-state index >= 15 is 0 Å². The van der Waals surface area contributed by atoms with Crippen LogP contribution in [0.3, 0.4) is 0 Å². The minimum absolute atomic E-state index is 0.235. The highest BCUT2D eigenvalue weighted by molar-refractivity contribution is 5.88. The van der Waals surface area contributed by atoms with Gasteiger partial charge in [-0.25, -0.2) is 4.79 Å². The summed E-state index contributed by atoms with van der Waals surface area (Å²) < 4.78 is 0. The van der Waals surface area contributed by atoms with Crippen LogP contribution in [0.2, 0.25) is 0 Å². The van der Waals surface area contributed by atoms with Crippen molar-refractivity contribution in [3.8, 4) is 0 Å². The fraction of sp³-hybridized carbons (Fsp3) is 0.692. The van der Waals surface area contributed by atoms with Crippen LogP contribution in [-0.4, -0.2) is 45.2 Å². The lowest BCUT2D eigenvalue weighted by Gasteiger charge is -2.28. The van der Waals surface area contributed by atoms with Crippen molar-refractivity contribution in [2.45, 2.75) is 44.6 Å². The molecule has 21 heavy (non-hydrogen) atoms. The predicted molar refractivity (Wildman–Crippen MR) is 69.5 cm³/mol. The fourth-order valence-corrected chi connectivity index (χ4v) is 2.54. The van der Waals surface area contributed by atoms with E-state index in [9.17, 15) is 19.2 Å². The lowest BCUT2D eigenvalue weighted by Crippen LogP contribution is -2.47. The zero-order valence-corrected chi connectivity index (χ0v) is 11.4. The number of carbonyl (C=O) groups is 4. The molecule has 0 spiro atoms. The summed E-state index contributed by atoms with van der Waals surface area (Å²) in [5.41, 5.74) is 0. The van der Waals surface area contributed by atoms with Gasteiger partial charge in [0, 0.05) is 6.42 Å². The van der Waals surface area contributed by atoms with Crippen molar-refractivity contribution >= 4 is 23.8 Å². The SMILES string of the molecule is O=C(O)CC[C@H](NC(=O)[C@H]1CCCC[C@H]1C(=O)O)C(=O)O. The normalized spacial score (nSPS) is 23.0. The first-order chi connectivity index (χ1) is 9.82. The van der Waals surface area contributed by atoms with E-state index in [2.05, 4.69) is 5.32 Å². The fourth-order valence-electron chi connectivity index (χ4n) is 2.54. The van der Waals surface area contributed by atoms with Gasteiger partial charge < -0.3 is 20.6 Å². The molecule has 0 aromatic carbocycles. The van der Waals surface area contributed by atoms with E-state index < -0.39 is 41.7 Å². The molecule has 1 saturated carbocycles. The Kier molecular flexibility index (Phi) is 6.13. The number of carboxylic acids is 3. The number of carboxylic acid groups (broad SMARTS) is 3. The maximum absolute atomic E-state index is 12.1. The van der Waals surface area contributed by atoms with Crippen molar-refractivity contribution < 1.29 is 34.5 Å². The van der Waals surface area contributed by atoms with Gasteiger partial charge in [-0.2, -0.15) is 0 Å². The lowest BCUT2D eigenvalue weighted by atomic mass is 9.78. The van der Waals surface area contributed by atoms with E-state index in [1.807, 2.05) is 0 Å². The van der Waals surface area contributed by atoms with Crippen molar-refractivity contribution in [2.24, 2.45) is 11.8 Å². The second-order valence-corrected chi connectivity index (χ2v) is 5.17. The molecule has 0 heterocycles. The van der Waals surface area contributed by atoms with Crippen LogP contribution in [0.1, 0.15) is 38.5 Å². The van der Waals surface area contributed by atoms with E-state index in [1.165, 1.54) is 0 Å². The molecule has 0 saturated heterocycles. The number of aliphatic carboxylic acids is 3. The smallest absolute Gasteiger partial charge is 0.326 e. The average Bonchev–Trinajstić information content (AvgIpc) is 2.42. The van der Waals surface area contributed by atoms with Gasteiger partial charge in [-0.1, -0.05) is 12.8 Å². The molecule has 0 aromatic rings. The molecule has 8 heteroatoms. The van der Waals surface area contributed by atoms with E-state index in [1.54, 1.807) is 0 Å². The summed E-state index contributed by atoms with van der Waals surface area (Å²) >= 11 is 0. The zero-order chi connectivity index (χ0) is 16.0. The Morgan fingerprint density at radius 2 is 1.57 bits per heavy atom. The zero-order valence-electron chi connectivity index (χ0n) is 11.4. The Labute approximate surface area is 121 Å². The average molecular weight is 301 g/mol. The number of hydrogen-bond acceptors (Lipinski definition) is 4. The molecule has 1 aliphatic carbocycles. The highest BCUT2D eigenvalue weighted by Gasteiger charge is 2.37. The summed E-state index contributed by atoms with van der Waals surface area (Å²) in [6, 6.07) is -1.31. The minimum atomic E-state index is -1.33. The molecule has 118 valence electrons. The highest BCUT2D eigenvalue weighted by atomic mass is 16.4. The van der Waals surface area contributed by atoms with Gasteiger partial charge in [0.2, 0.25) is 5.91 Å². The molecule has 8 nitrogen and oxygen atoms in total. The van der Waals surface area contributed by atoms with Gasteiger partial charge in [-0.3, -0.25) is 14.4 Å². The summed E-state index contributed by atoms with van der Waals surface area (Å²) in [6.07, 6.45) is 1.61. The topological polar surface area (TPSA) is 141 Å². The molecular formula is C13H19NO7. The Morgan fingerprint density at radius 1 is 1.00 bits per heavy atom. The second-order valence-electron chi connectivity index (χ2n) is 5.17. The monoisotopic (exact) mass is 301 g/mol. The minimum Gasteiger partial charge on any atom is -0.481 e. The van der Waals surface area contributed by atoms with Crippen LogP contribution < -0.4 is 5.32 Å². The molecule has 0 aliphatic heterocycles. The number of hydrogen-bond donors (Lipinski definition) is 4. The third-order valence-corrected chi connectivity index (χ3v) is 3.68. The van der Waals surface area contributed by atoms with Gasteiger partial charge in [0.15, 0.2) is 0 Å². The highest BCUT2D eigenvalue weighted by Crippen LogP contribution is 2.30. The van der Waals surface area contributed by atoms with Crippen molar-refractivity contribution in [2.75, 3.05) is 0 Å². The number of nitrogens with one attached hydrogen (secondary N) is 1. The van der Waals surface area contributed by atoms with Crippen molar-refractivity contribution in [3.05, 3.63) is 0 Å². The quantitative estimate of drug-likeness (QED) is 0.530. The first kappa shape index (κ1) is 16.9. The van der Waals surface area contributed by atoms with E-state index in [0.29, 0.717) is 19.3 Å². The van der Waals surface area contributed by atoms with E-state index in [-0.39, 0.29) is 12.8 Å². The standard InChI is InChI=1S/C13H19NO7/c15-10(16)6-5-9(13(20)21)14-11(17)7-3-1-2-4-8(7)12(18)19/h7-9H,1-6H2,(H,14,17)(H,15,16)(H,18,19)(H,20,21)/t7-,8+,9-/m0/s1. The van der Waals surface area contributed by atoms with Crippen LogP contribution >= 0.6 is 0 Å². The third-order valence-electron chi connectivity index (χ3n) is 3.68. The second kappa shape index (κ2) is 7.61. The molecule has 0 aromatic heterocycles. The Morgan fingerprint density at radius 3 is 2.05 bits per heavy atom. The number of amides is 1. The van der Waals surface area contributed by atoms with E-state index in [0.717, 1.165) is 6.42 Å². The summed E-state index contributed by atoms with van der Waals surface area (Å²) in [6.45, 7) is 0. The predicted octanol–water partition coefficient (Wildman–Crippen LogP) is 0.312. The lowest BCUT2D eigenvalue weighted by molar-refractivity contribution is -0.150. The van der Waals surface area contributed by atoms with Crippen LogP contribution in [-0.2, 0) is 19.2 Å². The Hall–Kier alpha value is -2.12. The Balaban J connectivity index is 2.68. The summed E-state index contributed by atoms with van der Waals surface area (Å²) in [5, 5.41) is 28.9. The number of rotatable bonds is 7. The molecule has 1 aliphatic rings. The van der Waals surface area contributed by atoms with Crippen LogP contribution in [0, 0.1) is 11.8 Å². The summed E-state index contributed by atoms with van der Waals surface area (Å²) in [4.78, 5) is 44.7. The maximum Gasteiger partial charge on any atom is 0.326 e.